The summed E-state index contributed by atoms with van der Waals surface area (Å²) in [5.74, 6) is 0.705. The highest BCUT2D eigenvalue weighted by atomic mass is 79.9. The van der Waals surface area contributed by atoms with Crippen molar-refractivity contribution in [3.8, 4) is 0 Å². The van der Waals surface area contributed by atoms with Crippen LogP contribution >= 0.6 is 15.9 Å². The standard InChI is InChI=1S/C16H23BrN2O/c1-11-5-3-4-6-15(11)18-10-16(20)19-13-7-8-14(17)12(2)9-13/h7-9,11,15,18H,3-6,10H2,1-2H3,(H,19,20)/t11-,15-/m1/s1. The van der Waals surface area contributed by atoms with Crippen molar-refractivity contribution >= 4 is 27.5 Å². The lowest BCUT2D eigenvalue weighted by Gasteiger charge is -2.29. The highest BCUT2D eigenvalue weighted by Crippen LogP contribution is 2.23. The molecule has 0 aromatic heterocycles. The predicted molar refractivity (Wildman–Crippen MR) is 86.9 cm³/mol. The number of carbonyl (C=O) groups excluding carboxylic acids is 1. The van der Waals surface area contributed by atoms with E-state index in [4.69, 9.17) is 0 Å². The van der Waals surface area contributed by atoms with E-state index < -0.39 is 0 Å². The second kappa shape index (κ2) is 7.23. The molecule has 110 valence electrons. The van der Waals surface area contributed by atoms with Gasteiger partial charge in [-0.1, -0.05) is 35.7 Å². The van der Waals surface area contributed by atoms with Gasteiger partial charge in [-0.25, -0.2) is 0 Å². The maximum atomic E-state index is 12.0. The molecule has 1 amide bonds. The molecule has 0 aliphatic heterocycles. The zero-order valence-electron chi connectivity index (χ0n) is 12.2. The van der Waals surface area contributed by atoms with Crippen LogP contribution in [0.15, 0.2) is 22.7 Å². The number of hydrogen-bond donors (Lipinski definition) is 2. The number of hydrogen-bond acceptors (Lipinski definition) is 2. The summed E-state index contributed by atoms with van der Waals surface area (Å²) in [5, 5.41) is 6.34. The van der Waals surface area contributed by atoms with Gasteiger partial charge < -0.3 is 10.6 Å². The first-order chi connectivity index (χ1) is 9.56. The van der Waals surface area contributed by atoms with E-state index >= 15 is 0 Å². The van der Waals surface area contributed by atoms with E-state index in [9.17, 15) is 4.79 Å². The Morgan fingerprint density at radius 1 is 1.35 bits per heavy atom. The molecule has 1 aliphatic carbocycles. The molecule has 0 radical (unpaired) electrons. The van der Waals surface area contributed by atoms with Gasteiger partial charge in [-0.05, 0) is 49.4 Å². The molecule has 20 heavy (non-hydrogen) atoms. The highest BCUT2D eigenvalue weighted by Gasteiger charge is 2.21. The lowest BCUT2D eigenvalue weighted by Crippen LogP contribution is -2.41. The largest absolute Gasteiger partial charge is 0.325 e. The van der Waals surface area contributed by atoms with Crippen LogP contribution in [-0.2, 0) is 4.79 Å². The van der Waals surface area contributed by atoms with Crippen LogP contribution in [0.3, 0.4) is 0 Å². The zero-order chi connectivity index (χ0) is 14.5. The minimum absolute atomic E-state index is 0.0319. The van der Waals surface area contributed by atoms with E-state index in [1.54, 1.807) is 0 Å². The van der Waals surface area contributed by atoms with Gasteiger partial charge in [0.05, 0.1) is 6.54 Å². The summed E-state index contributed by atoms with van der Waals surface area (Å²) in [6.07, 6.45) is 5.05. The Balaban J connectivity index is 1.81. The summed E-state index contributed by atoms with van der Waals surface area (Å²) in [6.45, 7) is 4.68. The number of anilines is 1. The van der Waals surface area contributed by atoms with Gasteiger partial charge in [0, 0.05) is 16.2 Å². The molecule has 0 heterocycles. The predicted octanol–water partition coefficient (Wildman–Crippen LogP) is 3.86. The first-order valence-electron chi connectivity index (χ1n) is 7.35. The number of amides is 1. The van der Waals surface area contributed by atoms with Crippen molar-refractivity contribution in [2.24, 2.45) is 5.92 Å². The molecule has 2 atom stereocenters. The maximum Gasteiger partial charge on any atom is 0.238 e. The molecule has 1 aromatic rings. The van der Waals surface area contributed by atoms with E-state index in [1.165, 1.54) is 25.7 Å². The fourth-order valence-electron chi connectivity index (χ4n) is 2.77. The number of benzene rings is 1. The Kier molecular flexibility index (Phi) is 5.61. The van der Waals surface area contributed by atoms with Crippen molar-refractivity contribution in [3.63, 3.8) is 0 Å². The van der Waals surface area contributed by atoms with Crippen LogP contribution in [0.5, 0.6) is 0 Å². The SMILES string of the molecule is Cc1cc(NC(=O)CN[C@@H]2CCCC[C@H]2C)ccc1Br. The zero-order valence-corrected chi connectivity index (χ0v) is 13.8. The molecule has 1 aromatic carbocycles. The molecular formula is C16H23BrN2O. The van der Waals surface area contributed by atoms with Crippen LogP contribution in [0, 0.1) is 12.8 Å². The van der Waals surface area contributed by atoms with E-state index in [-0.39, 0.29) is 5.91 Å². The third kappa shape index (κ3) is 4.32. The number of rotatable bonds is 4. The quantitative estimate of drug-likeness (QED) is 0.874. The van der Waals surface area contributed by atoms with E-state index in [1.807, 2.05) is 25.1 Å². The molecule has 3 nitrogen and oxygen atoms in total. The summed E-state index contributed by atoms with van der Waals surface area (Å²) in [6, 6.07) is 6.34. The van der Waals surface area contributed by atoms with Crippen molar-refractivity contribution in [3.05, 3.63) is 28.2 Å². The summed E-state index contributed by atoms with van der Waals surface area (Å²) in [4.78, 5) is 12.0. The smallest absolute Gasteiger partial charge is 0.238 e. The second-order valence-corrected chi connectivity index (χ2v) is 6.62. The number of nitrogens with one attached hydrogen (secondary N) is 2. The van der Waals surface area contributed by atoms with Gasteiger partial charge in [0.25, 0.3) is 0 Å². The minimum atomic E-state index is 0.0319. The second-order valence-electron chi connectivity index (χ2n) is 5.76. The lowest BCUT2D eigenvalue weighted by molar-refractivity contribution is -0.115. The van der Waals surface area contributed by atoms with Crippen molar-refractivity contribution in [1.82, 2.24) is 5.32 Å². The van der Waals surface area contributed by atoms with Crippen molar-refractivity contribution in [2.45, 2.75) is 45.6 Å². The van der Waals surface area contributed by atoms with Crippen LogP contribution in [0.2, 0.25) is 0 Å². The van der Waals surface area contributed by atoms with Gasteiger partial charge in [-0.3, -0.25) is 4.79 Å². The minimum Gasteiger partial charge on any atom is -0.325 e. The number of carbonyl (C=O) groups is 1. The highest BCUT2D eigenvalue weighted by molar-refractivity contribution is 9.10. The van der Waals surface area contributed by atoms with Gasteiger partial charge in [-0.15, -0.1) is 0 Å². The molecular weight excluding hydrogens is 316 g/mol. The molecule has 0 saturated heterocycles. The number of aryl methyl sites for hydroxylation is 1. The fraction of sp³-hybridized carbons (Fsp3) is 0.562. The average molecular weight is 339 g/mol. The topological polar surface area (TPSA) is 41.1 Å². The normalized spacial score (nSPS) is 22.6. The van der Waals surface area contributed by atoms with Crippen molar-refractivity contribution < 1.29 is 4.79 Å². The van der Waals surface area contributed by atoms with Gasteiger partial charge in [0.2, 0.25) is 5.91 Å². The Hall–Kier alpha value is -0.870. The van der Waals surface area contributed by atoms with Crippen LogP contribution in [0.1, 0.15) is 38.2 Å². The molecule has 0 unspecified atom stereocenters. The van der Waals surface area contributed by atoms with Crippen LogP contribution < -0.4 is 10.6 Å². The van der Waals surface area contributed by atoms with Gasteiger partial charge in [0.15, 0.2) is 0 Å². The molecule has 1 saturated carbocycles. The first kappa shape index (κ1) is 15.5. The summed E-state index contributed by atoms with van der Waals surface area (Å²) in [7, 11) is 0. The van der Waals surface area contributed by atoms with Crippen LogP contribution in [0.25, 0.3) is 0 Å². The molecule has 1 fully saturated rings. The fourth-order valence-corrected chi connectivity index (χ4v) is 3.02. The summed E-state index contributed by atoms with van der Waals surface area (Å²) >= 11 is 3.46. The van der Waals surface area contributed by atoms with Crippen molar-refractivity contribution in [2.75, 3.05) is 11.9 Å². The molecule has 1 aliphatic rings. The Morgan fingerprint density at radius 2 is 2.10 bits per heavy atom. The van der Waals surface area contributed by atoms with Crippen molar-refractivity contribution in [1.29, 1.82) is 0 Å². The molecule has 4 heteroatoms. The monoisotopic (exact) mass is 338 g/mol. The third-order valence-electron chi connectivity index (χ3n) is 4.08. The Morgan fingerprint density at radius 3 is 2.80 bits per heavy atom. The molecule has 2 rings (SSSR count). The van der Waals surface area contributed by atoms with E-state index in [0.29, 0.717) is 18.5 Å². The Labute approximate surface area is 129 Å². The third-order valence-corrected chi connectivity index (χ3v) is 4.97. The average Bonchev–Trinajstić information content (AvgIpc) is 2.42. The van der Waals surface area contributed by atoms with E-state index in [0.717, 1.165) is 15.7 Å². The van der Waals surface area contributed by atoms with Gasteiger partial charge >= 0.3 is 0 Å². The molecule has 0 spiro atoms. The first-order valence-corrected chi connectivity index (χ1v) is 8.15. The van der Waals surface area contributed by atoms with Crippen LogP contribution in [0.4, 0.5) is 5.69 Å². The summed E-state index contributed by atoms with van der Waals surface area (Å²) in [5.41, 5.74) is 1.98. The number of halogens is 1. The maximum absolute atomic E-state index is 12.0. The summed E-state index contributed by atoms with van der Waals surface area (Å²) < 4.78 is 1.06. The van der Waals surface area contributed by atoms with E-state index in [2.05, 4.69) is 33.5 Å². The van der Waals surface area contributed by atoms with Gasteiger partial charge in [-0.2, -0.15) is 0 Å². The lowest BCUT2D eigenvalue weighted by atomic mass is 9.86. The Bertz CT molecular complexity index is 476. The molecule has 0 bridgehead atoms. The van der Waals surface area contributed by atoms with Crippen LogP contribution in [-0.4, -0.2) is 18.5 Å². The molecule has 2 N–H and O–H groups in total. The van der Waals surface area contributed by atoms with Gasteiger partial charge in [0.1, 0.15) is 0 Å².